The fourth-order valence-electron chi connectivity index (χ4n) is 4.63. The van der Waals surface area contributed by atoms with E-state index < -0.39 is 15.9 Å². The molecule has 0 spiro atoms. The number of sulfone groups is 1. The second kappa shape index (κ2) is 8.15. The van der Waals surface area contributed by atoms with E-state index in [0.29, 0.717) is 13.1 Å². The Morgan fingerprint density at radius 1 is 1.11 bits per heavy atom. The Morgan fingerprint density at radius 2 is 1.74 bits per heavy atom. The van der Waals surface area contributed by atoms with Gasteiger partial charge in [-0.15, -0.1) is 0 Å². The van der Waals surface area contributed by atoms with Crippen LogP contribution in [-0.2, 0) is 15.3 Å². The summed E-state index contributed by atoms with van der Waals surface area (Å²) >= 11 is 0. The molecule has 1 saturated heterocycles. The molecule has 0 radical (unpaired) electrons. The number of halogens is 1. The maximum atomic E-state index is 13.4. The van der Waals surface area contributed by atoms with Crippen LogP contribution in [0.3, 0.4) is 0 Å². The van der Waals surface area contributed by atoms with Crippen LogP contribution in [0, 0.1) is 5.82 Å². The Bertz CT molecular complexity index is 730. The summed E-state index contributed by atoms with van der Waals surface area (Å²) in [6, 6.07) is 6.38. The zero-order chi connectivity index (χ0) is 19.7. The predicted octanol–water partition coefficient (Wildman–Crippen LogP) is 1.66. The highest BCUT2D eigenvalue weighted by molar-refractivity contribution is 7.91. The quantitative estimate of drug-likeness (QED) is 0.757. The molecule has 1 saturated carbocycles. The molecule has 152 valence electrons. The molecule has 2 atom stereocenters. The van der Waals surface area contributed by atoms with E-state index in [1.807, 2.05) is 26.2 Å². The van der Waals surface area contributed by atoms with Crippen LogP contribution >= 0.6 is 0 Å². The van der Waals surface area contributed by atoms with Gasteiger partial charge in [0.2, 0.25) is 0 Å². The molecular formula is C20H31FN2O3S. The Labute approximate surface area is 162 Å². The summed E-state index contributed by atoms with van der Waals surface area (Å²) in [6.45, 7) is 2.19. The summed E-state index contributed by atoms with van der Waals surface area (Å²) in [5, 5.41) is 10.4. The molecule has 1 aromatic carbocycles. The average molecular weight is 399 g/mol. The number of benzene rings is 1. The van der Waals surface area contributed by atoms with Crippen LogP contribution in [0.1, 0.15) is 31.2 Å². The first-order valence-electron chi connectivity index (χ1n) is 9.74. The molecule has 2 fully saturated rings. The van der Waals surface area contributed by atoms with E-state index >= 15 is 0 Å². The fraction of sp³-hybridized carbons (Fsp3) is 0.700. The maximum Gasteiger partial charge on any atom is 0.154 e. The van der Waals surface area contributed by atoms with Crippen molar-refractivity contribution in [2.75, 3.05) is 45.2 Å². The standard InChI is InChI=1S/C20H31FN2O3S/c1-22(2)11-12-23(18-13-27(25,26)14-19(18)24)15-20(9-3-4-10-20)16-5-7-17(21)8-6-16/h5-8,18-19,24H,3-4,9-15H2,1-2H3. The Balaban J connectivity index is 1.87. The summed E-state index contributed by atoms with van der Waals surface area (Å²) < 4.78 is 37.6. The van der Waals surface area contributed by atoms with Crippen molar-refractivity contribution in [2.24, 2.45) is 0 Å². The van der Waals surface area contributed by atoms with E-state index in [4.69, 9.17) is 0 Å². The van der Waals surface area contributed by atoms with Crippen LogP contribution in [0.15, 0.2) is 24.3 Å². The molecule has 0 aromatic heterocycles. The van der Waals surface area contributed by atoms with Gasteiger partial charge in [-0.25, -0.2) is 12.8 Å². The van der Waals surface area contributed by atoms with E-state index in [1.165, 1.54) is 12.1 Å². The molecule has 1 aliphatic carbocycles. The van der Waals surface area contributed by atoms with Crippen molar-refractivity contribution >= 4 is 9.84 Å². The topological polar surface area (TPSA) is 60.9 Å². The molecule has 1 N–H and O–H groups in total. The number of aliphatic hydroxyl groups is 1. The van der Waals surface area contributed by atoms with Crippen LogP contribution in [-0.4, -0.2) is 80.7 Å². The lowest BCUT2D eigenvalue weighted by Gasteiger charge is -2.40. The second-order valence-electron chi connectivity index (χ2n) is 8.48. The van der Waals surface area contributed by atoms with Crippen LogP contribution in [0.5, 0.6) is 0 Å². The first kappa shape index (κ1) is 20.7. The van der Waals surface area contributed by atoms with Crippen molar-refractivity contribution in [1.29, 1.82) is 0 Å². The maximum absolute atomic E-state index is 13.4. The first-order chi connectivity index (χ1) is 12.7. The SMILES string of the molecule is CN(C)CCN(CC1(c2ccc(F)cc2)CCCC1)C1CS(=O)(=O)CC1O. The van der Waals surface area contributed by atoms with Crippen molar-refractivity contribution in [3.8, 4) is 0 Å². The van der Waals surface area contributed by atoms with Crippen molar-refractivity contribution in [3.63, 3.8) is 0 Å². The first-order valence-corrected chi connectivity index (χ1v) is 11.6. The van der Waals surface area contributed by atoms with Crippen LogP contribution in [0.25, 0.3) is 0 Å². The number of rotatable bonds is 7. The van der Waals surface area contributed by atoms with Crippen molar-refractivity contribution in [2.45, 2.75) is 43.2 Å². The molecule has 1 aliphatic heterocycles. The number of aliphatic hydroxyl groups excluding tert-OH is 1. The molecule has 0 amide bonds. The van der Waals surface area contributed by atoms with Crippen LogP contribution < -0.4 is 0 Å². The molecule has 2 unspecified atom stereocenters. The molecule has 2 aliphatic rings. The van der Waals surface area contributed by atoms with E-state index in [0.717, 1.165) is 37.8 Å². The highest BCUT2D eigenvalue weighted by Crippen LogP contribution is 2.42. The molecule has 27 heavy (non-hydrogen) atoms. The molecule has 1 aromatic rings. The van der Waals surface area contributed by atoms with Gasteiger partial charge in [0.25, 0.3) is 0 Å². The highest BCUT2D eigenvalue weighted by atomic mass is 32.2. The van der Waals surface area contributed by atoms with Gasteiger partial charge in [-0.1, -0.05) is 25.0 Å². The molecule has 3 rings (SSSR count). The van der Waals surface area contributed by atoms with E-state index in [-0.39, 0.29) is 28.8 Å². The largest absolute Gasteiger partial charge is 0.390 e. The summed E-state index contributed by atoms with van der Waals surface area (Å²) in [6.07, 6.45) is 3.40. The number of nitrogens with zero attached hydrogens (tertiary/aromatic N) is 2. The minimum atomic E-state index is -3.21. The summed E-state index contributed by atoms with van der Waals surface area (Å²) in [5.41, 5.74) is 1.01. The van der Waals surface area contributed by atoms with Crippen molar-refractivity contribution in [1.82, 2.24) is 9.80 Å². The Morgan fingerprint density at radius 3 is 2.26 bits per heavy atom. The summed E-state index contributed by atoms with van der Waals surface area (Å²) in [5.74, 6) is -0.380. The average Bonchev–Trinajstić information content (AvgIpc) is 3.16. The molecule has 7 heteroatoms. The predicted molar refractivity (Wildman–Crippen MR) is 105 cm³/mol. The third kappa shape index (κ3) is 4.88. The van der Waals surface area contributed by atoms with Crippen LogP contribution in [0.2, 0.25) is 0 Å². The molecule has 5 nitrogen and oxygen atoms in total. The van der Waals surface area contributed by atoms with Gasteiger partial charge in [-0.2, -0.15) is 0 Å². The van der Waals surface area contributed by atoms with Crippen LogP contribution in [0.4, 0.5) is 4.39 Å². The molecular weight excluding hydrogens is 367 g/mol. The lowest BCUT2D eigenvalue weighted by Crippen LogP contribution is -2.51. The van der Waals surface area contributed by atoms with Gasteiger partial charge in [0, 0.05) is 25.0 Å². The second-order valence-corrected chi connectivity index (χ2v) is 10.6. The van der Waals surface area contributed by atoms with Gasteiger partial charge in [0.05, 0.1) is 23.7 Å². The normalized spacial score (nSPS) is 26.9. The Hall–Kier alpha value is -1.02. The number of likely N-dealkylation sites (N-methyl/N-ethyl adjacent to an activating group) is 1. The van der Waals surface area contributed by atoms with Crippen molar-refractivity contribution in [3.05, 3.63) is 35.6 Å². The van der Waals surface area contributed by atoms with E-state index in [9.17, 15) is 17.9 Å². The van der Waals surface area contributed by atoms with Gasteiger partial charge >= 0.3 is 0 Å². The summed E-state index contributed by atoms with van der Waals surface area (Å²) in [4.78, 5) is 4.24. The highest BCUT2D eigenvalue weighted by Gasteiger charge is 2.44. The molecule has 0 bridgehead atoms. The van der Waals surface area contributed by atoms with Gasteiger partial charge in [0.15, 0.2) is 9.84 Å². The minimum Gasteiger partial charge on any atom is -0.390 e. The zero-order valence-corrected chi connectivity index (χ0v) is 17.1. The summed E-state index contributed by atoms with van der Waals surface area (Å²) in [7, 11) is 0.776. The molecule has 1 heterocycles. The smallest absolute Gasteiger partial charge is 0.154 e. The number of hydrogen-bond acceptors (Lipinski definition) is 5. The third-order valence-corrected chi connectivity index (χ3v) is 7.82. The van der Waals surface area contributed by atoms with Gasteiger partial charge < -0.3 is 10.0 Å². The minimum absolute atomic E-state index is 0.0150. The van der Waals surface area contributed by atoms with Gasteiger partial charge in [-0.05, 0) is 44.6 Å². The van der Waals surface area contributed by atoms with Gasteiger partial charge in [0.1, 0.15) is 5.82 Å². The van der Waals surface area contributed by atoms with E-state index in [2.05, 4.69) is 9.80 Å². The Kier molecular flexibility index (Phi) is 6.25. The van der Waals surface area contributed by atoms with Crippen molar-refractivity contribution < 1.29 is 17.9 Å². The fourth-order valence-corrected chi connectivity index (χ4v) is 6.46. The number of hydrogen-bond donors (Lipinski definition) is 1. The monoisotopic (exact) mass is 398 g/mol. The van der Waals surface area contributed by atoms with Gasteiger partial charge in [-0.3, -0.25) is 4.90 Å². The zero-order valence-electron chi connectivity index (χ0n) is 16.3. The lowest BCUT2D eigenvalue weighted by molar-refractivity contribution is 0.0619. The lowest BCUT2D eigenvalue weighted by atomic mass is 9.78. The third-order valence-electron chi connectivity index (χ3n) is 6.12. The van der Waals surface area contributed by atoms with E-state index in [1.54, 1.807) is 0 Å².